The summed E-state index contributed by atoms with van der Waals surface area (Å²) in [6, 6.07) is 20.9. The standard InChI is InChI=1S/C29H33BrClN3O4S/c1-4-16-32-29(36)27(17-22-8-6-5-7-9-22)33(19-23-11-13-24(30)14-12-23)28(35)20-34(39(3,37)38)25-15-10-21(2)26(31)18-25/h5-15,18,27H,4,16-17,19-20H2,1-3H3,(H,32,36)/t27-/m1/s1. The van der Waals surface area contributed by atoms with E-state index in [-0.39, 0.29) is 24.6 Å². The normalized spacial score (nSPS) is 12.0. The molecule has 0 aromatic heterocycles. The molecule has 3 rings (SSSR count). The fourth-order valence-corrected chi connectivity index (χ4v) is 5.34. The van der Waals surface area contributed by atoms with Gasteiger partial charge >= 0.3 is 0 Å². The second kappa shape index (κ2) is 14.0. The second-order valence-electron chi connectivity index (χ2n) is 9.35. The molecule has 0 saturated heterocycles. The van der Waals surface area contributed by atoms with E-state index >= 15 is 0 Å². The van der Waals surface area contributed by atoms with E-state index in [2.05, 4.69) is 21.2 Å². The number of benzene rings is 3. The molecule has 0 spiro atoms. The Hall–Kier alpha value is -2.88. The topological polar surface area (TPSA) is 86.8 Å². The van der Waals surface area contributed by atoms with Gasteiger partial charge in [-0.1, -0.05) is 83.0 Å². The van der Waals surface area contributed by atoms with E-state index < -0.39 is 28.5 Å². The number of hydrogen-bond acceptors (Lipinski definition) is 4. The molecule has 39 heavy (non-hydrogen) atoms. The third-order valence-corrected chi connectivity index (χ3v) is 8.29. The maximum Gasteiger partial charge on any atom is 0.244 e. The zero-order valence-electron chi connectivity index (χ0n) is 22.2. The van der Waals surface area contributed by atoms with E-state index in [4.69, 9.17) is 11.6 Å². The van der Waals surface area contributed by atoms with Gasteiger partial charge in [0, 0.05) is 29.0 Å². The van der Waals surface area contributed by atoms with Gasteiger partial charge in [-0.2, -0.15) is 0 Å². The SMILES string of the molecule is CCCNC(=O)[C@@H](Cc1ccccc1)N(Cc1ccc(Br)cc1)C(=O)CN(c1ccc(C)c(Cl)c1)S(C)(=O)=O. The van der Waals surface area contributed by atoms with E-state index in [1.54, 1.807) is 12.1 Å². The zero-order chi connectivity index (χ0) is 28.6. The highest BCUT2D eigenvalue weighted by atomic mass is 79.9. The fraction of sp³-hybridized carbons (Fsp3) is 0.310. The first-order chi connectivity index (χ1) is 18.5. The molecule has 0 radical (unpaired) electrons. The molecular weight excluding hydrogens is 602 g/mol. The first-order valence-electron chi connectivity index (χ1n) is 12.6. The Balaban J connectivity index is 2.04. The van der Waals surface area contributed by atoms with Crippen LogP contribution in [0, 0.1) is 6.92 Å². The van der Waals surface area contributed by atoms with E-state index in [0.717, 1.165) is 38.1 Å². The van der Waals surface area contributed by atoms with Gasteiger partial charge in [0.25, 0.3) is 0 Å². The number of hydrogen-bond donors (Lipinski definition) is 1. The van der Waals surface area contributed by atoms with Gasteiger partial charge in [-0.25, -0.2) is 8.42 Å². The van der Waals surface area contributed by atoms with Crippen molar-refractivity contribution in [1.82, 2.24) is 10.2 Å². The molecule has 0 aliphatic carbocycles. The Morgan fingerprint density at radius 3 is 2.26 bits per heavy atom. The number of sulfonamides is 1. The number of aryl methyl sites for hydroxylation is 1. The summed E-state index contributed by atoms with van der Waals surface area (Å²) < 4.78 is 27.6. The Labute approximate surface area is 244 Å². The molecule has 0 saturated carbocycles. The molecule has 1 atom stereocenters. The molecule has 3 aromatic carbocycles. The Bertz CT molecular complexity index is 1390. The average Bonchev–Trinajstić information content (AvgIpc) is 2.90. The van der Waals surface area contributed by atoms with E-state index in [1.807, 2.05) is 68.4 Å². The van der Waals surface area contributed by atoms with Gasteiger partial charge in [0.05, 0.1) is 11.9 Å². The lowest BCUT2D eigenvalue weighted by atomic mass is 10.0. The Kier molecular flexibility index (Phi) is 11.0. The Morgan fingerprint density at radius 1 is 1.00 bits per heavy atom. The summed E-state index contributed by atoms with van der Waals surface area (Å²) in [5, 5.41) is 3.31. The minimum atomic E-state index is -3.85. The highest BCUT2D eigenvalue weighted by Gasteiger charge is 2.33. The van der Waals surface area contributed by atoms with Crippen LogP contribution in [0.4, 0.5) is 5.69 Å². The van der Waals surface area contributed by atoms with Crippen LogP contribution in [0.3, 0.4) is 0 Å². The molecule has 10 heteroatoms. The van der Waals surface area contributed by atoms with Crippen molar-refractivity contribution in [2.75, 3.05) is 23.7 Å². The van der Waals surface area contributed by atoms with Crippen molar-refractivity contribution in [1.29, 1.82) is 0 Å². The summed E-state index contributed by atoms with van der Waals surface area (Å²) in [6.07, 6.45) is 2.05. The maximum atomic E-state index is 14.0. The van der Waals surface area contributed by atoms with Crippen molar-refractivity contribution < 1.29 is 18.0 Å². The first kappa shape index (κ1) is 30.7. The van der Waals surface area contributed by atoms with Crippen LogP contribution in [0.15, 0.2) is 77.3 Å². The summed E-state index contributed by atoms with van der Waals surface area (Å²) in [7, 11) is -3.85. The quantitative estimate of drug-likeness (QED) is 0.291. The lowest BCUT2D eigenvalue weighted by Gasteiger charge is -2.33. The zero-order valence-corrected chi connectivity index (χ0v) is 25.4. The van der Waals surface area contributed by atoms with Gasteiger partial charge in [0.1, 0.15) is 12.6 Å². The van der Waals surface area contributed by atoms with Gasteiger partial charge in [-0.3, -0.25) is 13.9 Å². The molecule has 0 unspecified atom stereocenters. The van der Waals surface area contributed by atoms with Gasteiger partial charge in [0.15, 0.2) is 0 Å². The average molecular weight is 635 g/mol. The molecule has 208 valence electrons. The number of carbonyl (C=O) groups is 2. The highest BCUT2D eigenvalue weighted by molar-refractivity contribution is 9.10. The number of nitrogens with one attached hydrogen (secondary N) is 1. The second-order valence-corrected chi connectivity index (χ2v) is 12.6. The van der Waals surface area contributed by atoms with Crippen LogP contribution in [0.25, 0.3) is 0 Å². The third-order valence-electron chi connectivity index (χ3n) is 6.21. The molecule has 0 heterocycles. The van der Waals surface area contributed by atoms with Crippen LogP contribution in [0.2, 0.25) is 5.02 Å². The maximum absolute atomic E-state index is 14.0. The van der Waals surface area contributed by atoms with Gasteiger partial charge in [0.2, 0.25) is 21.8 Å². The Morgan fingerprint density at radius 2 is 1.67 bits per heavy atom. The minimum absolute atomic E-state index is 0.120. The molecule has 2 amide bonds. The van der Waals surface area contributed by atoms with Crippen molar-refractivity contribution in [3.8, 4) is 0 Å². The van der Waals surface area contributed by atoms with Crippen LogP contribution in [-0.4, -0.2) is 50.5 Å². The van der Waals surface area contributed by atoms with Crippen LogP contribution in [-0.2, 0) is 32.6 Å². The van der Waals surface area contributed by atoms with Crippen LogP contribution >= 0.6 is 27.5 Å². The largest absolute Gasteiger partial charge is 0.354 e. The monoisotopic (exact) mass is 633 g/mol. The lowest BCUT2D eigenvalue weighted by molar-refractivity contribution is -0.140. The smallest absolute Gasteiger partial charge is 0.244 e. The highest BCUT2D eigenvalue weighted by Crippen LogP contribution is 2.26. The lowest BCUT2D eigenvalue weighted by Crippen LogP contribution is -2.53. The molecular formula is C29H33BrClN3O4S. The molecule has 0 bridgehead atoms. The molecule has 0 aliphatic rings. The number of anilines is 1. The predicted octanol–water partition coefficient (Wildman–Crippen LogP) is 5.34. The van der Waals surface area contributed by atoms with Crippen molar-refractivity contribution in [3.63, 3.8) is 0 Å². The van der Waals surface area contributed by atoms with Crippen molar-refractivity contribution >= 4 is 55.1 Å². The molecule has 7 nitrogen and oxygen atoms in total. The molecule has 1 N–H and O–H groups in total. The predicted molar refractivity (Wildman–Crippen MR) is 160 cm³/mol. The van der Waals surface area contributed by atoms with Gasteiger partial charge in [-0.05, 0) is 54.3 Å². The summed E-state index contributed by atoms with van der Waals surface area (Å²) >= 11 is 9.71. The van der Waals surface area contributed by atoms with Crippen molar-refractivity contribution in [2.24, 2.45) is 0 Å². The minimum Gasteiger partial charge on any atom is -0.354 e. The number of halogens is 2. The molecule has 3 aromatic rings. The number of carbonyl (C=O) groups excluding carboxylic acids is 2. The van der Waals surface area contributed by atoms with E-state index in [1.165, 1.54) is 11.0 Å². The molecule has 0 fully saturated rings. The number of nitrogens with zero attached hydrogens (tertiary/aromatic N) is 2. The van der Waals surface area contributed by atoms with Crippen LogP contribution in [0.5, 0.6) is 0 Å². The third kappa shape index (κ3) is 8.81. The van der Waals surface area contributed by atoms with Gasteiger partial charge < -0.3 is 10.2 Å². The summed E-state index contributed by atoms with van der Waals surface area (Å²) in [4.78, 5) is 28.9. The van der Waals surface area contributed by atoms with Crippen molar-refractivity contribution in [2.45, 2.75) is 39.3 Å². The fourth-order valence-electron chi connectivity index (χ4n) is 4.06. The van der Waals surface area contributed by atoms with Crippen LogP contribution in [0.1, 0.15) is 30.0 Å². The molecule has 0 aliphatic heterocycles. The van der Waals surface area contributed by atoms with Crippen molar-refractivity contribution in [3.05, 3.63) is 99.0 Å². The number of rotatable bonds is 12. The van der Waals surface area contributed by atoms with E-state index in [0.29, 0.717) is 11.6 Å². The summed E-state index contributed by atoms with van der Waals surface area (Å²) in [6.45, 7) is 3.86. The summed E-state index contributed by atoms with van der Waals surface area (Å²) in [5.74, 6) is -0.803. The van der Waals surface area contributed by atoms with Gasteiger partial charge in [-0.15, -0.1) is 0 Å². The number of amides is 2. The van der Waals surface area contributed by atoms with E-state index in [9.17, 15) is 18.0 Å². The van der Waals surface area contributed by atoms with Crippen LogP contribution < -0.4 is 9.62 Å². The first-order valence-corrected chi connectivity index (χ1v) is 15.6. The summed E-state index contributed by atoms with van der Waals surface area (Å²) in [5.41, 5.74) is 2.75.